The first kappa shape index (κ1) is 11.0. The maximum absolute atomic E-state index is 3.33. The second-order valence-electron chi connectivity index (χ2n) is 4.83. The van der Waals surface area contributed by atoms with Crippen molar-refractivity contribution in [3.05, 3.63) is 0 Å². The molecule has 0 radical (unpaired) electrons. The molecule has 0 fully saturated rings. The minimum absolute atomic E-state index is 0.277. The van der Waals surface area contributed by atoms with Crippen LogP contribution in [0.4, 0.5) is 0 Å². The molecule has 0 aromatic rings. The Morgan fingerprint density at radius 3 is 1.82 bits per heavy atom. The quantitative estimate of drug-likeness (QED) is 0.661. The molecule has 0 aliphatic rings. The Balaban J connectivity index is 4.02. The Labute approximate surface area is 71.6 Å². The Bertz CT molecular complexity index is 100. The van der Waals surface area contributed by atoms with Crippen molar-refractivity contribution >= 4 is 0 Å². The summed E-state index contributed by atoms with van der Waals surface area (Å²) in [6.45, 7) is 11.4. The molecule has 0 saturated carbocycles. The molecule has 0 heterocycles. The molecular formula is C10H23N. The van der Waals surface area contributed by atoms with Crippen molar-refractivity contribution < 1.29 is 0 Å². The van der Waals surface area contributed by atoms with Crippen LogP contribution >= 0.6 is 0 Å². The standard InChI is InChI=1S/C10H23N/c1-7-9(2,3)8-10(4,5)11-6/h11H,7-8H2,1-6H3. The van der Waals surface area contributed by atoms with Gasteiger partial charge in [-0.15, -0.1) is 0 Å². The smallest absolute Gasteiger partial charge is 0.0127 e. The van der Waals surface area contributed by atoms with Crippen molar-refractivity contribution in [3.63, 3.8) is 0 Å². The lowest BCUT2D eigenvalue weighted by Crippen LogP contribution is -2.40. The Morgan fingerprint density at radius 2 is 1.55 bits per heavy atom. The van der Waals surface area contributed by atoms with Crippen LogP contribution in [0.25, 0.3) is 0 Å². The highest BCUT2D eigenvalue weighted by atomic mass is 14.9. The third-order valence-electron chi connectivity index (χ3n) is 2.55. The first-order valence-corrected chi connectivity index (χ1v) is 4.52. The van der Waals surface area contributed by atoms with Crippen LogP contribution in [0.5, 0.6) is 0 Å². The number of nitrogens with one attached hydrogen (secondary N) is 1. The third-order valence-corrected chi connectivity index (χ3v) is 2.55. The molecule has 0 bridgehead atoms. The normalized spacial score (nSPS) is 13.6. The maximum Gasteiger partial charge on any atom is 0.0127 e. The first-order chi connectivity index (χ1) is 4.83. The molecule has 68 valence electrons. The third kappa shape index (κ3) is 4.41. The van der Waals surface area contributed by atoms with Crippen LogP contribution in [0.15, 0.2) is 0 Å². The molecule has 0 aromatic heterocycles. The van der Waals surface area contributed by atoms with E-state index in [4.69, 9.17) is 0 Å². The van der Waals surface area contributed by atoms with Gasteiger partial charge in [0.15, 0.2) is 0 Å². The van der Waals surface area contributed by atoms with E-state index in [0.717, 1.165) is 0 Å². The summed E-state index contributed by atoms with van der Waals surface area (Å²) in [6.07, 6.45) is 2.48. The highest BCUT2D eigenvalue weighted by Crippen LogP contribution is 2.30. The molecule has 0 spiro atoms. The number of hydrogen-bond donors (Lipinski definition) is 1. The van der Waals surface area contributed by atoms with Crippen molar-refractivity contribution in [3.8, 4) is 0 Å². The average molecular weight is 157 g/mol. The largest absolute Gasteiger partial charge is 0.315 e. The van der Waals surface area contributed by atoms with Gasteiger partial charge in [0.2, 0.25) is 0 Å². The molecular weight excluding hydrogens is 134 g/mol. The summed E-state index contributed by atoms with van der Waals surface area (Å²) in [5.74, 6) is 0. The predicted molar refractivity (Wildman–Crippen MR) is 51.8 cm³/mol. The van der Waals surface area contributed by atoms with E-state index < -0.39 is 0 Å². The fourth-order valence-electron chi connectivity index (χ4n) is 1.41. The van der Waals surface area contributed by atoms with Gasteiger partial charge >= 0.3 is 0 Å². The van der Waals surface area contributed by atoms with Crippen molar-refractivity contribution in [2.45, 2.75) is 53.0 Å². The van der Waals surface area contributed by atoms with Crippen LogP contribution < -0.4 is 5.32 Å². The summed E-state index contributed by atoms with van der Waals surface area (Å²) in [4.78, 5) is 0. The van der Waals surface area contributed by atoms with Crippen molar-refractivity contribution in [2.24, 2.45) is 5.41 Å². The van der Waals surface area contributed by atoms with Crippen molar-refractivity contribution in [1.82, 2.24) is 5.32 Å². The van der Waals surface area contributed by atoms with Gasteiger partial charge in [-0.3, -0.25) is 0 Å². The van der Waals surface area contributed by atoms with Gasteiger partial charge < -0.3 is 5.32 Å². The second-order valence-corrected chi connectivity index (χ2v) is 4.83. The van der Waals surface area contributed by atoms with E-state index in [1.807, 2.05) is 7.05 Å². The van der Waals surface area contributed by atoms with Gasteiger partial charge in [0.05, 0.1) is 0 Å². The van der Waals surface area contributed by atoms with Gasteiger partial charge in [-0.25, -0.2) is 0 Å². The zero-order valence-corrected chi connectivity index (χ0v) is 8.91. The summed E-state index contributed by atoms with van der Waals surface area (Å²) in [6, 6.07) is 0. The summed E-state index contributed by atoms with van der Waals surface area (Å²) in [5, 5.41) is 3.33. The number of rotatable bonds is 4. The molecule has 0 amide bonds. The molecule has 0 atom stereocenters. The molecule has 0 saturated heterocycles. The molecule has 0 aliphatic heterocycles. The van der Waals surface area contributed by atoms with Crippen LogP contribution in [0.1, 0.15) is 47.5 Å². The molecule has 0 rings (SSSR count). The summed E-state index contributed by atoms with van der Waals surface area (Å²) in [7, 11) is 2.03. The Kier molecular flexibility index (Phi) is 3.56. The average Bonchev–Trinajstić information content (AvgIpc) is 1.86. The van der Waals surface area contributed by atoms with Crippen LogP contribution in [0.2, 0.25) is 0 Å². The van der Waals surface area contributed by atoms with Crippen LogP contribution in [-0.4, -0.2) is 12.6 Å². The van der Waals surface area contributed by atoms with Gasteiger partial charge in [0.1, 0.15) is 0 Å². The van der Waals surface area contributed by atoms with Gasteiger partial charge in [-0.2, -0.15) is 0 Å². The van der Waals surface area contributed by atoms with Gasteiger partial charge in [-0.1, -0.05) is 27.2 Å². The lowest BCUT2D eigenvalue weighted by molar-refractivity contribution is 0.225. The Hall–Kier alpha value is -0.0400. The van der Waals surface area contributed by atoms with E-state index in [1.165, 1.54) is 12.8 Å². The molecule has 0 aliphatic carbocycles. The SMILES string of the molecule is CCC(C)(C)CC(C)(C)NC. The fourth-order valence-corrected chi connectivity index (χ4v) is 1.41. The number of hydrogen-bond acceptors (Lipinski definition) is 1. The van der Waals surface area contributed by atoms with Crippen LogP contribution in [0.3, 0.4) is 0 Å². The molecule has 11 heavy (non-hydrogen) atoms. The zero-order valence-electron chi connectivity index (χ0n) is 8.91. The van der Waals surface area contributed by atoms with Crippen molar-refractivity contribution in [2.75, 3.05) is 7.05 Å². The minimum Gasteiger partial charge on any atom is -0.315 e. The summed E-state index contributed by atoms with van der Waals surface area (Å²) < 4.78 is 0. The van der Waals surface area contributed by atoms with E-state index >= 15 is 0 Å². The first-order valence-electron chi connectivity index (χ1n) is 4.52. The molecule has 1 nitrogen and oxygen atoms in total. The predicted octanol–water partition coefficient (Wildman–Crippen LogP) is 2.81. The second kappa shape index (κ2) is 3.57. The summed E-state index contributed by atoms with van der Waals surface area (Å²) >= 11 is 0. The lowest BCUT2D eigenvalue weighted by Gasteiger charge is -2.34. The lowest BCUT2D eigenvalue weighted by atomic mass is 9.78. The monoisotopic (exact) mass is 157 g/mol. The molecule has 1 heteroatoms. The van der Waals surface area contributed by atoms with E-state index in [1.54, 1.807) is 0 Å². The minimum atomic E-state index is 0.277. The highest BCUT2D eigenvalue weighted by molar-refractivity contribution is 4.83. The fraction of sp³-hybridized carbons (Fsp3) is 1.00. The van der Waals surface area contributed by atoms with Gasteiger partial charge in [-0.05, 0) is 32.7 Å². The Morgan fingerprint density at radius 1 is 1.09 bits per heavy atom. The topological polar surface area (TPSA) is 12.0 Å². The van der Waals surface area contributed by atoms with E-state index in [9.17, 15) is 0 Å². The van der Waals surface area contributed by atoms with Crippen LogP contribution in [-0.2, 0) is 0 Å². The van der Waals surface area contributed by atoms with Crippen LogP contribution in [0, 0.1) is 5.41 Å². The molecule has 0 unspecified atom stereocenters. The maximum atomic E-state index is 3.33. The summed E-state index contributed by atoms with van der Waals surface area (Å²) in [5.41, 5.74) is 0.742. The van der Waals surface area contributed by atoms with Gasteiger partial charge in [0.25, 0.3) is 0 Å². The van der Waals surface area contributed by atoms with E-state index in [0.29, 0.717) is 5.41 Å². The van der Waals surface area contributed by atoms with Crippen molar-refractivity contribution in [1.29, 1.82) is 0 Å². The molecule has 1 N–H and O–H groups in total. The zero-order chi connectivity index (χ0) is 9.12. The highest BCUT2D eigenvalue weighted by Gasteiger charge is 2.25. The van der Waals surface area contributed by atoms with Gasteiger partial charge in [0, 0.05) is 5.54 Å². The van der Waals surface area contributed by atoms with E-state index in [-0.39, 0.29) is 5.54 Å². The van der Waals surface area contributed by atoms with E-state index in [2.05, 4.69) is 39.9 Å². The molecule has 0 aromatic carbocycles.